The quantitative estimate of drug-likeness (QED) is 0.529. The van der Waals surface area contributed by atoms with Gasteiger partial charge in [0.2, 0.25) is 0 Å². The molecule has 3 nitrogen and oxygen atoms in total. The summed E-state index contributed by atoms with van der Waals surface area (Å²) in [7, 11) is 1.55. The van der Waals surface area contributed by atoms with E-state index in [0.717, 1.165) is 0 Å². The number of hydrogen-bond donors (Lipinski definition) is 0. The molecule has 0 radical (unpaired) electrons. The van der Waals surface area contributed by atoms with Crippen molar-refractivity contribution in [2.75, 3.05) is 20.2 Å². The van der Waals surface area contributed by atoms with Gasteiger partial charge in [0.1, 0.15) is 0 Å². The average Bonchev–Trinajstić information content (AvgIpc) is 2.14. The second kappa shape index (κ2) is 5.63. The second-order valence-corrected chi connectivity index (χ2v) is 2.79. The van der Waals surface area contributed by atoms with Gasteiger partial charge in [0.15, 0.2) is 5.88 Å². The Morgan fingerprint density at radius 2 is 1.93 bits per heavy atom. The number of alkyl halides is 3. The zero-order valence-corrected chi connectivity index (χ0v) is 8.89. The van der Waals surface area contributed by atoms with Gasteiger partial charge in [0.05, 0.1) is 12.7 Å². The van der Waals surface area contributed by atoms with E-state index in [2.05, 4.69) is 0 Å². The van der Waals surface area contributed by atoms with Crippen molar-refractivity contribution in [2.24, 2.45) is 0 Å². The third kappa shape index (κ3) is 4.71. The molecule has 0 aromatic carbocycles. The van der Waals surface area contributed by atoms with Crippen molar-refractivity contribution in [1.82, 2.24) is 4.90 Å². The molecule has 0 bridgehead atoms. The van der Waals surface area contributed by atoms with Crippen LogP contribution in [0.5, 0.6) is 0 Å². The van der Waals surface area contributed by atoms with Gasteiger partial charge in [-0.25, -0.2) is 0 Å². The molecule has 0 atom stereocenters. The zero-order chi connectivity index (χ0) is 12.1. The normalized spacial score (nSPS) is 12.5. The van der Waals surface area contributed by atoms with Crippen molar-refractivity contribution in [3.05, 3.63) is 12.0 Å². The number of nitrogens with zero attached hydrogens (tertiary/aromatic N) is 1. The van der Waals surface area contributed by atoms with Crippen molar-refractivity contribution in [2.45, 2.75) is 20.0 Å². The predicted molar refractivity (Wildman–Crippen MR) is 49.1 cm³/mol. The van der Waals surface area contributed by atoms with Crippen LogP contribution in [0.25, 0.3) is 0 Å². The van der Waals surface area contributed by atoms with Gasteiger partial charge in [0, 0.05) is 13.6 Å². The molecule has 0 aliphatic rings. The number of carbonyl (C=O) groups excluding carboxylic acids is 1. The number of ether oxygens (including phenoxy) is 1. The highest BCUT2D eigenvalue weighted by Gasteiger charge is 2.37. The van der Waals surface area contributed by atoms with Crippen molar-refractivity contribution < 1.29 is 22.7 Å². The summed E-state index contributed by atoms with van der Waals surface area (Å²) >= 11 is 0. The topological polar surface area (TPSA) is 29.5 Å². The lowest BCUT2D eigenvalue weighted by Crippen LogP contribution is -2.25. The molecular formula is C9H14F3NO2. The molecule has 0 unspecified atom stereocenters. The summed E-state index contributed by atoms with van der Waals surface area (Å²) in [5.41, 5.74) is 0. The first-order chi connectivity index (χ1) is 6.82. The summed E-state index contributed by atoms with van der Waals surface area (Å²) in [5.74, 6) is -1.98. The van der Waals surface area contributed by atoms with Crippen LogP contribution in [0.2, 0.25) is 0 Å². The molecule has 15 heavy (non-hydrogen) atoms. The summed E-state index contributed by atoms with van der Waals surface area (Å²) in [4.78, 5) is 12.1. The minimum absolute atomic E-state index is 0.0673. The van der Waals surface area contributed by atoms with E-state index in [-0.39, 0.29) is 12.5 Å². The lowest BCUT2D eigenvalue weighted by molar-refractivity contribution is -0.165. The number of rotatable bonds is 5. The van der Waals surface area contributed by atoms with Gasteiger partial charge in [0.25, 0.3) is 5.78 Å². The summed E-state index contributed by atoms with van der Waals surface area (Å²) in [6, 6.07) is 0. The molecule has 0 rings (SSSR count). The van der Waals surface area contributed by atoms with Crippen molar-refractivity contribution in [3.63, 3.8) is 0 Å². The fraction of sp³-hybridized carbons (Fsp3) is 0.667. The fourth-order valence-corrected chi connectivity index (χ4v) is 0.760. The fourth-order valence-electron chi connectivity index (χ4n) is 0.760. The Morgan fingerprint density at radius 3 is 2.27 bits per heavy atom. The third-order valence-electron chi connectivity index (χ3n) is 1.68. The van der Waals surface area contributed by atoms with E-state index in [0.29, 0.717) is 12.6 Å². The standard InChI is InChI=1S/C9H14F3NO2/c1-4-13(3)8(15-5-2)6-7(14)9(10,11)12/h6H,4-5H2,1-3H3/b8-6-. The first-order valence-corrected chi connectivity index (χ1v) is 4.49. The second-order valence-electron chi connectivity index (χ2n) is 2.79. The molecule has 88 valence electrons. The van der Waals surface area contributed by atoms with Crippen molar-refractivity contribution in [1.29, 1.82) is 0 Å². The molecular weight excluding hydrogens is 211 g/mol. The van der Waals surface area contributed by atoms with Gasteiger partial charge in [-0.1, -0.05) is 0 Å². The number of halogens is 3. The zero-order valence-electron chi connectivity index (χ0n) is 8.89. The molecule has 0 aliphatic carbocycles. The molecule has 0 fully saturated rings. The van der Waals surface area contributed by atoms with Crippen LogP contribution in [0.1, 0.15) is 13.8 Å². The predicted octanol–water partition coefficient (Wildman–Crippen LogP) is 1.95. The minimum atomic E-state index is -4.85. The summed E-state index contributed by atoms with van der Waals surface area (Å²) in [6.45, 7) is 4.04. The highest BCUT2D eigenvalue weighted by Crippen LogP contribution is 2.18. The summed E-state index contributed by atoms with van der Waals surface area (Å²) in [5, 5.41) is 0. The molecule has 0 heterocycles. The Balaban J connectivity index is 4.76. The largest absolute Gasteiger partial charge is 0.479 e. The lowest BCUT2D eigenvalue weighted by Gasteiger charge is -2.20. The highest BCUT2D eigenvalue weighted by atomic mass is 19.4. The molecule has 0 aromatic rings. The molecule has 0 amide bonds. The van der Waals surface area contributed by atoms with E-state index in [1.807, 2.05) is 0 Å². The molecule has 0 aliphatic heterocycles. The Morgan fingerprint density at radius 1 is 1.40 bits per heavy atom. The Labute approximate surface area is 86.5 Å². The SMILES string of the molecule is CCO/C(=C\C(=O)C(F)(F)F)N(C)CC. The molecule has 0 aromatic heterocycles. The van der Waals surface area contributed by atoms with E-state index >= 15 is 0 Å². The molecule has 0 saturated heterocycles. The van der Waals surface area contributed by atoms with Crippen LogP contribution in [-0.4, -0.2) is 37.1 Å². The number of hydrogen-bond acceptors (Lipinski definition) is 3. The third-order valence-corrected chi connectivity index (χ3v) is 1.68. The van der Waals surface area contributed by atoms with Crippen molar-refractivity contribution in [3.8, 4) is 0 Å². The van der Waals surface area contributed by atoms with Gasteiger partial charge in [-0.2, -0.15) is 13.2 Å². The van der Waals surface area contributed by atoms with E-state index in [4.69, 9.17) is 4.74 Å². The van der Waals surface area contributed by atoms with E-state index in [9.17, 15) is 18.0 Å². The maximum atomic E-state index is 11.9. The number of carbonyl (C=O) groups is 1. The Bertz CT molecular complexity index is 248. The first kappa shape index (κ1) is 13.8. The lowest BCUT2D eigenvalue weighted by atomic mass is 10.3. The van der Waals surface area contributed by atoms with Gasteiger partial charge in [-0.3, -0.25) is 4.79 Å². The molecule has 6 heteroatoms. The van der Waals surface area contributed by atoms with Crippen LogP contribution >= 0.6 is 0 Å². The Hall–Kier alpha value is -1.20. The van der Waals surface area contributed by atoms with Crippen molar-refractivity contribution >= 4 is 5.78 Å². The van der Waals surface area contributed by atoms with E-state index in [1.165, 1.54) is 4.90 Å². The van der Waals surface area contributed by atoms with Gasteiger partial charge in [-0.05, 0) is 13.8 Å². The van der Waals surface area contributed by atoms with Crippen LogP contribution < -0.4 is 0 Å². The molecule has 0 N–H and O–H groups in total. The first-order valence-electron chi connectivity index (χ1n) is 4.49. The smallest absolute Gasteiger partial charge is 0.454 e. The summed E-state index contributed by atoms with van der Waals surface area (Å²) in [6.07, 6.45) is -4.38. The minimum Gasteiger partial charge on any atom is -0.479 e. The average molecular weight is 225 g/mol. The Kier molecular flexibility index (Phi) is 5.18. The van der Waals surface area contributed by atoms with Crippen LogP contribution in [-0.2, 0) is 9.53 Å². The van der Waals surface area contributed by atoms with Crippen LogP contribution in [0.15, 0.2) is 12.0 Å². The van der Waals surface area contributed by atoms with Crippen LogP contribution in [0, 0.1) is 0 Å². The van der Waals surface area contributed by atoms with Crippen LogP contribution in [0.4, 0.5) is 13.2 Å². The summed E-state index contributed by atoms with van der Waals surface area (Å²) < 4.78 is 40.8. The van der Waals surface area contributed by atoms with Gasteiger partial charge in [-0.15, -0.1) is 0 Å². The number of ketones is 1. The monoisotopic (exact) mass is 225 g/mol. The maximum absolute atomic E-state index is 11.9. The van der Waals surface area contributed by atoms with E-state index < -0.39 is 12.0 Å². The molecule has 0 saturated carbocycles. The highest BCUT2D eigenvalue weighted by molar-refractivity contribution is 5.94. The number of allylic oxidation sites excluding steroid dienone is 1. The van der Waals surface area contributed by atoms with E-state index in [1.54, 1.807) is 20.9 Å². The van der Waals surface area contributed by atoms with Gasteiger partial charge < -0.3 is 9.64 Å². The molecule has 0 spiro atoms. The maximum Gasteiger partial charge on any atom is 0.454 e. The van der Waals surface area contributed by atoms with Crippen LogP contribution in [0.3, 0.4) is 0 Å². The van der Waals surface area contributed by atoms with Gasteiger partial charge >= 0.3 is 6.18 Å².